The van der Waals surface area contributed by atoms with Crippen LogP contribution >= 0.6 is 7.82 Å². The Bertz CT molecular complexity index is 786. The number of hydrogen-bond acceptors (Lipinski definition) is 4. The van der Waals surface area contributed by atoms with Gasteiger partial charge in [0.15, 0.2) is 5.78 Å². The fourth-order valence-electron chi connectivity index (χ4n) is 7.43. The Labute approximate surface area is 167 Å². The minimum absolute atomic E-state index is 0.106. The van der Waals surface area contributed by atoms with Crippen LogP contribution in [0.25, 0.3) is 0 Å². The van der Waals surface area contributed by atoms with E-state index < -0.39 is 7.82 Å². The third-order valence-electron chi connectivity index (χ3n) is 8.76. The summed E-state index contributed by atoms with van der Waals surface area (Å²) in [7, 11) is -4.59. The molecule has 4 unspecified atom stereocenters. The molecule has 6 nitrogen and oxygen atoms in total. The van der Waals surface area contributed by atoms with Gasteiger partial charge in [-0.3, -0.25) is 19.2 Å². The predicted octanol–water partition coefficient (Wildman–Crippen LogP) is 4.62. The van der Waals surface area contributed by atoms with Gasteiger partial charge in [-0.15, -0.1) is 0 Å². The van der Waals surface area contributed by atoms with Gasteiger partial charge in [0.25, 0.3) is 0 Å². The summed E-state index contributed by atoms with van der Waals surface area (Å²) < 4.78 is 15.5. The second-order valence-corrected chi connectivity index (χ2v) is 11.1. The monoisotopic (exact) mass is 409 g/mol. The van der Waals surface area contributed by atoms with Crippen molar-refractivity contribution in [3.63, 3.8) is 0 Å². The normalized spacial score (nSPS) is 43.7. The molecule has 0 aliphatic heterocycles. The van der Waals surface area contributed by atoms with E-state index in [0.717, 1.165) is 44.9 Å². The van der Waals surface area contributed by atoms with Crippen LogP contribution in [0.4, 0.5) is 0 Å². The maximum Gasteiger partial charge on any atom is 0.545 e. The Kier molecular flexibility index (Phi) is 4.92. The van der Waals surface area contributed by atoms with Crippen molar-refractivity contribution in [2.75, 3.05) is 0 Å². The second kappa shape index (κ2) is 6.78. The lowest BCUT2D eigenvalue weighted by molar-refractivity contribution is -0.117. The number of fused-ring (bicyclic) bond motifs is 5. The van der Waals surface area contributed by atoms with Gasteiger partial charge in [0, 0.05) is 12.3 Å². The minimum atomic E-state index is -4.59. The van der Waals surface area contributed by atoms with E-state index in [0.29, 0.717) is 35.7 Å². The molecule has 0 aromatic carbocycles. The van der Waals surface area contributed by atoms with Gasteiger partial charge in [-0.1, -0.05) is 24.6 Å². The molecule has 3 fully saturated rings. The first-order valence-corrected chi connectivity index (χ1v) is 12.1. The van der Waals surface area contributed by atoms with E-state index in [1.807, 2.05) is 13.0 Å². The third-order valence-corrected chi connectivity index (χ3v) is 9.05. The standard InChI is InChI=1S/C21H32NO5P/c1-13(22-27-28(24,25)26)17-6-7-18-16-5-4-14-12-15(23)8-10-20(14,2)19(16)9-11-21(17,18)3/h12,16-19H,4-11H2,1-3H3,(H2,24,25,26)/b22-13+/t16?,17?,18-,19-,20?,21?/m0/s1. The number of oxime groups is 1. The molecule has 0 bridgehead atoms. The molecule has 6 atom stereocenters. The Balaban J connectivity index is 1.58. The number of phosphoric acid groups is 1. The van der Waals surface area contributed by atoms with E-state index in [1.54, 1.807) is 0 Å². The van der Waals surface area contributed by atoms with Crippen LogP contribution in [0.2, 0.25) is 0 Å². The van der Waals surface area contributed by atoms with Gasteiger partial charge < -0.3 is 0 Å². The third kappa shape index (κ3) is 3.22. The molecule has 0 amide bonds. The van der Waals surface area contributed by atoms with Crippen molar-refractivity contribution in [1.29, 1.82) is 0 Å². The smallest absolute Gasteiger partial charge is 0.295 e. The number of ketones is 1. The van der Waals surface area contributed by atoms with E-state index in [2.05, 4.69) is 23.6 Å². The van der Waals surface area contributed by atoms with Crippen molar-refractivity contribution >= 4 is 19.3 Å². The number of carbonyl (C=O) groups excluding carboxylic acids is 1. The molecule has 0 radical (unpaired) electrons. The largest absolute Gasteiger partial charge is 0.545 e. The van der Waals surface area contributed by atoms with Gasteiger partial charge in [0.05, 0.1) is 5.71 Å². The first-order valence-electron chi connectivity index (χ1n) is 10.6. The molecular weight excluding hydrogens is 377 g/mol. The van der Waals surface area contributed by atoms with Crippen molar-refractivity contribution in [2.45, 2.75) is 72.1 Å². The molecule has 156 valence electrons. The maximum atomic E-state index is 11.9. The molecule has 28 heavy (non-hydrogen) atoms. The van der Waals surface area contributed by atoms with E-state index in [-0.39, 0.29) is 16.7 Å². The minimum Gasteiger partial charge on any atom is -0.295 e. The van der Waals surface area contributed by atoms with Crippen LogP contribution in [-0.2, 0) is 14.0 Å². The summed E-state index contributed by atoms with van der Waals surface area (Å²) in [6.45, 7) is 6.58. The van der Waals surface area contributed by atoms with Crippen LogP contribution in [0.3, 0.4) is 0 Å². The Morgan fingerprint density at radius 1 is 1.14 bits per heavy atom. The molecule has 0 saturated heterocycles. The van der Waals surface area contributed by atoms with Gasteiger partial charge >= 0.3 is 7.82 Å². The summed E-state index contributed by atoms with van der Waals surface area (Å²) in [6.07, 6.45) is 10.2. The van der Waals surface area contributed by atoms with Gasteiger partial charge in [0.1, 0.15) is 0 Å². The van der Waals surface area contributed by atoms with Crippen molar-refractivity contribution in [1.82, 2.24) is 0 Å². The predicted molar refractivity (Wildman–Crippen MR) is 106 cm³/mol. The van der Waals surface area contributed by atoms with Crippen molar-refractivity contribution in [3.05, 3.63) is 11.6 Å². The fourth-order valence-corrected chi connectivity index (χ4v) is 7.66. The summed E-state index contributed by atoms with van der Waals surface area (Å²) in [5.41, 5.74) is 2.37. The molecule has 2 N–H and O–H groups in total. The highest BCUT2D eigenvalue weighted by molar-refractivity contribution is 7.46. The van der Waals surface area contributed by atoms with Gasteiger partial charge in [-0.05, 0) is 86.5 Å². The highest BCUT2D eigenvalue weighted by Crippen LogP contribution is 2.66. The summed E-state index contributed by atoms with van der Waals surface area (Å²) in [4.78, 5) is 29.9. The molecule has 3 saturated carbocycles. The van der Waals surface area contributed by atoms with E-state index in [1.165, 1.54) is 5.57 Å². The highest BCUT2D eigenvalue weighted by atomic mass is 31.2. The zero-order chi connectivity index (χ0) is 20.3. The summed E-state index contributed by atoms with van der Waals surface area (Å²) in [6, 6.07) is 0. The van der Waals surface area contributed by atoms with Gasteiger partial charge in [0.2, 0.25) is 0 Å². The number of rotatable bonds is 3. The molecule has 4 aliphatic rings. The average molecular weight is 409 g/mol. The van der Waals surface area contributed by atoms with E-state index in [4.69, 9.17) is 9.79 Å². The van der Waals surface area contributed by atoms with Crippen LogP contribution in [0.15, 0.2) is 16.8 Å². The lowest BCUT2D eigenvalue weighted by atomic mass is 9.46. The van der Waals surface area contributed by atoms with Crippen molar-refractivity contribution in [3.8, 4) is 0 Å². The van der Waals surface area contributed by atoms with Crippen LogP contribution < -0.4 is 0 Å². The lowest BCUT2D eigenvalue weighted by Crippen LogP contribution is -2.51. The lowest BCUT2D eigenvalue weighted by Gasteiger charge is -2.58. The number of carbonyl (C=O) groups is 1. The van der Waals surface area contributed by atoms with Crippen LogP contribution in [0.1, 0.15) is 72.1 Å². The zero-order valence-corrected chi connectivity index (χ0v) is 18.0. The van der Waals surface area contributed by atoms with Gasteiger partial charge in [-0.2, -0.15) is 0 Å². The Morgan fingerprint density at radius 3 is 2.61 bits per heavy atom. The summed E-state index contributed by atoms with van der Waals surface area (Å²) in [5.74, 6) is 2.41. The fraction of sp³-hybridized carbons (Fsp3) is 0.810. The number of allylic oxidation sites excluding steroid dienone is 1. The zero-order valence-electron chi connectivity index (χ0n) is 17.1. The Morgan fingerprint density at radius 2 is 1.89 bits per heavy atom. The summed E-state index contributed by atoms with van der Waals surface area (Å²) in [5, 5.41) is 3.81. The molecule has 0 aromatic rings. The average Bonchev–Trinajstić information content (AvgIpc) is 2.97. The molecule has 7 heteroatoms. The molecule has 0 spiro atoms. The first-order chi connectivity index (χ1) is 13.0. The Hall–Kier alpha value is -0.970. The van der Waals surface area contributed by atoms with Crippen LogP contribution in [0.5, 0.6) is 0 Å². The maximum absolute atomic E-state index is 11.9. The molecular formula is C21H32NO5P. The summed E-state index contributed by atoms with van der Waals surface area (Å²) >= 11 is 0. The van der Waals surface area contributed by atoms with Crippen LogP contribution in [0, 0.1) is 34.5 Å². The van der Waals surface area contributed by atoms with Crippen LogP contribution in [-0.4, -0.2) is 21.3 Å². The van der Waals surface area contributed by atoms with E-state index in [9.17, 15) is 9.36 Å². The highest BCUT2D eigenvalue weighted by Gasteiger charge is 2.59. The molecule has 4 aliphatic carbocycles. The number of nitrogens with zero attached hydrogens (tertiary/aromatic N) is 1. The van der Waals surface area contributed by atoms with E-state index >= 15 is 0 Å². The second-order valence-electron chi connectivity index (χ2n) is 9.95. The molecule has 4 rings (SSSR count). The molecule has 0 aromatic heterocycles. The van der Waals surface area contributed by atoms with Crippen molar-refractivity contribution < 1.29 is 23.8 Å². The van der Waals surface area contributed by atoms with Gasteiger partial charge in [-0.25, -0.2) is 4.57 Å². The SMILES string of the molecule is C/C(=N\OP(=O)(O)O)C1CC[C@H]2C3CCC4=CC(=O)CCC4(C)[C@H]3CCC12C. The molecule has 0 heterocycles. The quantitative estimate of drug-likeness (QED) is 0.403. The number of hydrogen-bond donors (Lipinski definition) is 2. The van der Waals surface area contributed by atoms with Crippen molar-refractivity contribution in [2.24, 2.45) is 39.7 Å². The topological polar surface area (TPSA) is 96.2 Å². The first kappa shape index (κ1) is 20.3.